The van der Waals surface area contributed by atoms with Crippen molar-refractivity contribution in [2.24, 2.45) is 0 Å². The van der Waals surface area contributed by atoms with Gasteiger partial charge in [0.1, 0.15) is 24.6 Å². The Labute approximate surface area is 207 Å². The molecule has 0 bridgehead atoms. The molecule has 0 radical (unpaired) electrons. The molecule has 1 saturated heterocycles. The van der Waals surface area contributed by atoms with E-state index in [1.165, 1.54) is 11.1 Å². The summed E-state index contributed by atoms with van der Waals surface area (Å²) in [5, 5.41) is 11.6. The minimum absolute atomic E-state index is 0.0666. The number of piperidine rings is 1. The molecule has 1 unspecified atom stereocenters. The SMILES string of the molecule is OC(COc1cccc2ncccc12)CN1CCC(OC(c2ccccc2)c2ccccc2)CC1. The van der Waals surface area contributed by atoms with Crippen molar-refractivity contribution in [2.75, 3.05) is 26.2 Å². The van der Waals surface area contributed by atoms with E-state index in [0.29, 0.717) is 6.54 Å². The Morgan fingerprint density at radius 3 is 2.20 bits per heavy atom. The molecule has 3 aromatic carbocycles. The Morgan fingerprint density at radius 2 is 1.51 bits per heavy atom. The summed E-state index contributed by atoms with van der Waals surface area (Å²) < 4.78 is 12.6. The molecule has 5 heteroatoms. The van der Waals surface area contributed by atoms with E-state index in [-0.39, 0.29) is 18.8 Å². The molecule has 5 rings (SSSR count). The van der Waals surface area contributed by atoms with Gasteiger partial charge in [-0.1, -0.05) is 66.7 Å². The third-order valence-electron chi connectivity index (χ3n) is 6.57. The van der Waals surface area contributed by atoms with E-state index in [2.05, 4.69) is 58.4 Å². The van der Waals surface area contributed by atoms with Crippen molar-refractivity contribution in [1.82, 2.24) is 9.88 Å². The Morgan fingerprint density at radius 1 is 0.829 bits per heavy atom. The number of ether oxygens (including phenoxy) is 2. The summed E-state index contributed by atoms with van der Waals surface area (Å²) in [5.41, 5.74) is 3.25. The van der Waals surface area contributed by atoms with Crippen LogP contribution in [-0.2, 0) is 4.74 Å². The maximum Gasteiger partial charge on any atom is 0.128 e. The lowest BCUT2D eigenvalue weighted by Crippen LogP contribution is -2.42. The summed E-state index contributed by atoms with van der Waals surface area (Å²) in [6.45, 7) is 2.65. The Balaban J connectivity index is 1.13. The molecular formula is C30H32N2O3. The van der Waals surface area contributed by atoms with Gasteiger partial charge in [-0.05, 0) is 48.2 Å². The quantitative estimate of drug-likeness (QED) is 0.364. The maximum absolute atomic E-state index is 10.6. The predicted molar refractivity (Wildman–Crippen MR) is 139 cm³/mol. The molecule has 1 aromatic heterocycles. The number of pyridine rings is 1. The fourth-order valence-corrected chi connectivity index (χ4v) is 4.76. The van der Waals surface area contributed by atoms with Gasteiger partial charge < -0.3 is 19.5 Å². The molecule has 35 heavy (non-hydrogen) atoms. The molecule has 1 fully saturated rings. The number of nitrogens with zero attached hydrogens (tertiary/aromatic N) is 2. The van der Waals surface area contributed by atoms with Crippen LogP contribution in [-0.4, -0.2) is 53.4 Å². The van der Waals surface area contributed by atoms with Crippen LogP contribution in [0.1, 0.15) is 30.1 Å². The van der Waals surface area contributed by atoms with Crippen molar-refractivity contribution in [3.8, 4) is 5.75 Å². The average molecular weight is 469 g/mol. The summed E-state index contributed by atoms with van der Waals surface area (Å²) in [6, 6.07) is 30.6. The van der Waals surface area contributed by atoms with E-state index < -0.39 is 6.10 Å². The molecule has 0 spiro atoms. The molecule has 1 N–H and O–H groups in total. The number of benzene rings is 3. The van der Waals surface area contributed by atoms with E-state index in [9.17, 15) is 5.11 Å². The predicted octanol–water partition coefficient (Wildman–Crippen LogP) is 5.25. The lowest BCUT2D eigenvalue weighted by atomic mass is 10.00. The average Bonchev–Trinajstić information content (AvgIpc) is 2.92. The van der Waals surface area contributed by atoms with Crippen molar-refractivity contribution >= 4 is 10.9 Å². The minimum atomic E-state index is -0.555. The highest BCUT2D eigenvalue weighted by Gasteiger charge is 2.25. The van der Waals surface area contributed by atoms with Gasteiger partial charge in [0.25, 0.3) is 0 Å². The van der Waals surface area contributed by atoms with Gasteiger partial charge >= 0.3 is 0 Å². The number of fused-ring (bicyclic) bond motifs is 1. The van der Waals surface area contributed by atoms with E-state index in [0.717, 1.165) is 42.6 Å². The van der Waals surface area contributed by atoms with Crippen molar-refractivity contribution in [2.45, 2.75) is 31.2 Å². The van der Waals surface area contributed by atoms with E-state index in [1.807, 2.05) is 42.5 Å². The zero-order valence-corrected chi connectivity index (χ0v) is 19.9. The smallest absolute Gasteiger partial charge is 0.128 e. The molecule has 0 saturated carbocycles. The van der Waals surface area contributed by atoms with Gasteiger partial charge in [0.05, 0.1) is 11.6 Å². The molecule has 1 aliphatic rings. The fourth-order valence-electron chi connectivity index (χ4n) is 4.76. The third-order valence-corrected chi connectivity index (χ3v) is 6.57. The summed E-state index contributed by atoms with van der Waals surface area (Å²) in [5.74, 6) is 0.759. The van der Waals surface area contributed by atoms with Crippen LogP contribution in [0.5, 0.6) is 5.75 Å². The van der Waals surface area contributed by atoms with Crippen molar-refractivity contribution < 1.29 is 14.6 Å². The van der Waals surface area contributed by atoms with Crippen LogP contribution in [0, 0.1) is 0 Å². The van der Waals surface area contributed by atoms with Gasteiger partial charge in [0, 0.05) is 31.2 Å². The number of rotatable bonds is 9. The van der Waals surface area contributed by atoms with Crippen molar-refractivity contribution in [1.29, 1.82) is 0 Å². The summed E-state index contributed by atoms with van der Waals surface area (Å²) in [7, 11) is 0. The highest BCUT2D eigenvalue weighted by molar-refractivity contribution is 5.84. The molecule has 2 heterocycles. The largest absolute Gasteiger partial charge is 0.490 e. The lowest BCUT2D eigenvalue weighted by molar-refractivity contribution is -0.0346. The van der Waals surface area contributed by atoms with E-state index in [1.54, 1.807) is 6.20 Å². The Kier molecular flexibility index (Phi) is 7.69. The van der Waals surface area contributed by atoms with Gasteiger partial charge in [-0.15, -0.1) is 0 Å². The first-order valence-corrected chi connectivity index (χ1v) is 12.4. The summed E-state index contributed by atoms with van der Waals surface area (Å²) in [4.78, 5) is 6.67. The standard InChI is InChI=1S/C30H32N2O3/c33-25(22-34-29-15-7-14-28-27(29)13-8-18-31-28)21-32-19-16-26(17-20-32)35-30(23-9-3-1-4-10-23)24-11-5-2-6-12-24/h1-15,18,25-26,30,33H,16-17,19-22H2. The number of β-amino-alcohol motifs (C(OH)–C–C–N with tert-alkyl or cyclic N) is 1. The number of hydrogen-bond acceptors (Lipinski definition) is 5. The topological polar surface area (TPSA) is 54.8 Å². The van der Waals surface area contributed by atoms with Gasteiger partial charge in [-0.25, -0.2) is 0 Å². The number of aliphatic hydroxyl groups is 1. The van der Waals surface area contributed by atoms with Crippen molar-refractivity contribution in [3.05, 3.63) is 108 Å². The second kappa shape index (κ2) is 11.5. The highest BCUT2D eigenvalue weighted by atomic mass is 16.5. The second-order valence-electron chi connectivity index (χ2n) is 9.13. The fraction of sp³-hybridized carbons (Fsp3) is 0.300. The van der Waals surface area contributed by atoms with E-state index >= 15 is 0 Å². The van der Waals surface area contributed by atoms with Crippen LogP contribution >= 0.6 is 0 Å². The third kappa shape index (κ3) is 6.06. The summed E-state index contributed by atoms with van der Waals surface area (Å²) in [6.07, 6.45) is 3.23. The molecule has 0 aliphatic carbocycles. The first-order chi connectivity index (χ1) is 17.3. The van der Waals surface area contributed by atoms with Crippen LogP contribution in [0.2, 0.25) is 0 Å². The van der Waals surface area contributed by atoms with Gasteiger partial charge in [0.2, 0.25) is 0 Å². The van der Waals surface area contributed by atoms with Crippen LogP contribution in [0.15, 0.2) is 97.2 Å². The molecule has 0 amide bonds. The normalized spacial score (nSPS) is 15.9. The van der Waals surface area contributed by atoms with Crippen LogP contribution in [0.25, 0.3) is 10.9 Å². The number of hydrogen-bond donors (Lipinski definition) is 1. The van der Waals surface area contributed by atoms with E-state index in [4.69, 9.17) is 9.47 Å². The van der Waals surface area contributed by atoms with Crippen molar-refractivity contribution in [3.63, 3.8) is 0 Å². The van der Waals surface area contributed by atoms with Crippen LogP contribution in [0.3, 0.4) is 0 Å². The first kappa shape index (κ1) is 23.5. The van der Waals surface area contributed by atoms with Crippen LogP contribution in [0.4, 0.5) is 0 Å². The second-order valence-corrected chi connectivity index (χ2v) is 9.13. The Hall–Kier alpha value is -3.25. The Bertz CT molecular complexity index is 1150. The molecule has 180 valence electrons. The maximum atomic E-state index is 10.6. The molecular weight excluding hydrogens is 436 g/mol. The zero-order chi connectivity index (χ0) is 23.9. The molecule has 1 aliphatic heterocycles. The molecule has 4 aromatic rings. The summed E-state index contributed by atoms with van der Waals surface area (Å²) >= 11 is 0. The van der Waals surface area contributed by atoms with Crippen LogP contribution < -0.4 is 4.74 Å². The minimum Gasteiger partial charge on any atom is -0.490 e. The van der Waals surface area contributed by atoms with Gasteiger partial charge in [0.15, 0.2) is 0 Å². The van der Waals surface area contributed by atoms with Gasteiger partial charge in [-0.3, -0.25) is 4.98 Å². The van der Waals surface area contributed by atoms with Gasteiger partial charge in [-0.2, -0.15) is 0 Å². The lowest BCUT2D eigenvalue weighted by Gasteiger charge is -2.35. The zero-order valence-electron chi connectivity index (χ0n) is 19.9. The number of aromatic nitrogens is 1. The number of aliphatic hydroxyl groups excluding tert-OH is 1. The monoisotopic (exact) mass is 468 g/mol. The first-order valence-electron chi connectivity index (χ1n) is 12.4. The highest BCUT2D eigenvalue weighted by Crippen LogP contribution is 2.30. The molecule has 5 nitrogen and oxygen atoms in total. The molecule has 1 atom stereocenters. The number of likely N-dealkylation sites (tertiary alicyclic amines) is 1.